The molecule has 3 aromatic carbocycles. The van der Waals surface area contributed by atoms with Crippen LogP contribution < -0.4 is 24.5 Å². The van der Waals surface area contributed by atoms with Gasteiger partial charge in [-0.3, -0.25) is 9.59 Å². The van der Waals surface area contributed by atoms with Crippen molar-refractivity contribution >= 4 is 46.6 Å². The number of anilines is 2. The molecule has 0 radical (unpaired) electrons. The first-order chi connectivity index (χ1) is 17.9. The third-order valence-corrected chi connectivity index (χ3v) is 5.78. The number of nitrogens with zero attached hydrogens (tertiary/aromatic N) is 2. The van der Waals surface area contributed by atoms with E-state index >= 15 is 0 Å². The third-order valence-electron chi connectivity index (χ3n) is 5.46. The number of hydrazone groups is 1. The number of hydrogen-bond acceptors (Lipinski definition) is 6. The molecule has 4 rings (SSSR count). The van der Waals surface area contributed by atoms with Crippen molar-refractivity contribution in [1.82, 2.24) is 0 Å². The number of rotatable bonds is 9. The Hall–Kier alpha value is -4.30. The number of carbonyl (C=O) groups excluding carboxylic acids is 2. The number of methoxy groups -OCH3 is 1. The second-order valence-electron chi connectivity index (χ2n) is 7.99. The lowest BCUT2D eigenvalue weighted by Gasteiger charge is -2.14. The molecule has 2 amide bonds. The summed E-state index contributed by atoms with van der Waals surface area (Å²) in [5.74, 6) is 0.777. The molecule has 0 saturated carbocycles. The molecule has 8 nitrogen and oxygen atoms in total. The SMILES string of the molecule is CCOc1cc(C=C2C(=O)N(c3ccccc3Cl)N=C2C)ccc1OCC(=O)Nc1ccccc1OC. The van der Waals surface area contributed by atoms with Crippen LogP contribution in [-0.2, 0) is 9.59 Å². The largest absolute Gasteiger partial charge is 0.495 e. The molecular weight excluding hydrogens is 494 g/mol. The predicted molar refractivity (Wildman–Crippen MR) is 145 cm³/mol. The lowest BCUT2D eigenvalue weighted by Crippen LogP contribution is -2.21. The Kier molecular flexibility index (Phi) is 8.10. The molecule has 9 heteroatoms. The van der Waals surface area contributed by atoms with Crippen molar-refractivity contribution in [2.45, 2.75) is 13.8 Å². The van der Waals surface area contributed by atoms with E-state index in [9.17, 15) is 9.59 Å². The quantitative estimate of drug-likeness (QED) is 0.373. The highest BCUT2D eigenvalue weighted by Gasteiger charge is 2.30. The minimum atomic E-state index is -0.346. The Balaban J connectivity index is 1.49. The molecule has 1 aliphatic rings. The van der Waals surface area contributed by atoms with E-state index in [1.807, 2.05) is 13.0 Å². The number of amides is 2. The Morgan fingerprint density at radius 2 is 1.78 bits per heavy atom. The van der Waals surface area contributed by atoms with Gasteiger partial charge in [-0.25, -0.2) is 0 Å². The van der Waals surface area contributed by atoms with Crippen molar-refractivity contribution in [2.75, 3.05) is 30.6 Å². The summed E-state index contributed by atoms with van der Waals surface area (Å²) in [5, 5.41) is 8.89. The molecule has 1 heterocycles. The molecule has 3 aromatic rings. The predicted octanol–water partition coefficient (Wildman–Crippen LogP) is 5.57. The molecule has 0 bridgehead atoms. The van der Waals surface area contributed by atoms with Crippen LogP contribution in [0.3, 0.4) is 0 Å². The van der Waals surface area contributed by atoms with Crippen LogP contribution in [0.2, 0.25) is 5.02 Å². The van der Waals surface area contributed by atoms with Gasteiger partial charge in [0.1, 0.15) is 5.75 Å². The lowest BCUT2D eigenvalue weighted by molar-refractivity contribution is -0.118. The van der Waals surface area contributed by atoms with Crippen LogP contribution in [-0.4, -0.2) is 37.8 Å². The van der Waals surface area contributed by atoms with Gasteiger partial charge in [0.05, 0.1) is 41.4 Å². The summed E-state index contributed by atoms with van der Waals surface area (Å²) >= 11 is 6.26. The molecule has 0 atom stereocenters. The van der Waals surface area contributed by atoms with Crippen LogP contribution in [0.4, 0.5) is 11.4 Å². The molecule has 1 N–H and O–H groups in total. The van der Waals surface area contributed by atoms with E-state index in [0.717, 1.165) is 0 Å². The van der Waals surface area contributed by atoms with Crippen molar-refractivity contribution in [3.05, 3.63) is 82.9 Å². The number of carbonyl (C=O) groups is 2. The van der Waals surface area contributed by atoms with Crippen LogP contribution in [0, 0.1) is 0 Å². The zero-order chi connectivity index (χ0) is 26.4. The van der Waals surface area contributed by atoms with Gasteiger partial charge in [0, 0.05) is 0 Å². The Morgan fingerprint density at radius 1 is 1.03 bits per heavy atom. The maximum absolute atomic E-state index is 13.1. The zero-order valence-electron chi connectivity index (χ0n) is 20.7. The average molecular weight is 520 g/mol. The van der Waals surface area contributed by atoms with Gasteiger partial charge in [-0.15, -0.1) is 0 Å². The van der Waals surface area contributed by atoms with Gasteiger partial charge in [-0.1, -0.05) is 41.9 Å². The summed E-state index contributed by atoms with van der Waals surface area (Å²) in [6, 6.07) is 19.4. The second-order valence-corrected chi connectivity index (χ2v) is 8.40. The highest BCUT2D eigenvalue weighted by molar-refractivity contribution is 6.37. The van der Waals surface area contributed by atoms with Crippen molar-refractivity contribution in [2.24, 2.45) is 5.10 Å². The molecule has 1 aliphatic heterocycles. The Labute approximate surface area is 220 Å². The van der Waals surface area contributed by atoms with Crippen LogP contribution >= 0.6 is 11.6 Å². The number of ether oxygens (including phenoxy) is 3. The Morgan fingerprint density at radius 3 is 2.54 bits per heavy atom. The summed E-state index contributed by atoms with van der Waals surface area (Å²) in [6.07, 6.45) is 1.73. The molecule has 190 valence electrons. The molecule has 0 saturated heterocycles. The third kappa shape index (κ3) is 5.92. The maximum atomic E-state index is 13.1. The van der Waals surface area contributed by atoms with E-state index in [4.69, 9.17) is 25.8 Å². The molecule has 0 aromatic heterocycles. The van der Waals surface area contributed by atoms with Crippen LogP contribution in [0.1, 0.15) is 19.4 Å². The number of nitrogens with one attached hydrogen (secondary N) is 1. The van der Waals surface area contributed by atoms with E-state index in [1.165, 1.54) is 12.1 Å². The molecule has 0 aliphatic carbocycles. The molecule has 37 heavy (non-hydrogen) atoms. The highest BCUT2D eigenvalue weighted by atomic mass is 35.5. The lowest BCUT2D eigenvalue weighted by atomic mass is 10.1. The fraction of sp³-hybridized carbons (Fsp3) is 0.179. The first-order valence-electron chi connectivity index (χ1n) is 11.6. The number of halogens is 1. The van der Waals surface area contributed by atoms with Gasteiger partial charge >= 0.3 is 0 Å². The second kappa shape index (κ2) is 11.6. The summed E-state index contributed by atoms with van der Waals surface area (Å²) < 4.78 is 16.7. The average Bonchev–Trinajstić information content (AvgIpc) is 3.17. The van der Waals surface area contributed by atoms with Crippen molar-refractivity contribution in [1.29, 1.82) is 0 Å². The van der Waals surface area contributed by atoms with E-state index in [0.29, 0.717) is 57.1 Å². The molecule has 0 spiro atoms. The molecule has 0 fully saturated rings. The minimum Gasteiger partial charge on any atom is -0.495 e. The normalized spacial score (nSPS) is 13.9. The first-order valence-corrected chi connectivity index (χ1v) is 12.0. The topological polar surface area (TPSA) is 89.5 Å². The van der Waals surface area contributed by atoms with E-state index in [1.54, 1.807) is 73.7 Å². The number of para-hydroxylation sites is 3. The molecule has 0 unspecified atom stereocenters. The van der Waals surface area contributed by atoms with E-state index in [2.05, 4.69) is 10.4 Å². The smallest absolute Gasteiger partial charge is 0.280 e. The van der Waals surface area contributed by atoms with Crippen molar-refractivity contribution in [3.63, 3.8) is 0 Å². The Bertz CT molecular complexity index is 1390. The van der Waals surface area contributed by atoms with Crippen molar-refractivity contribution < 1.29 is 23.8 Å². The fourth-order valence-electron chi connectivity index (χ4n) is 3.72. The minimum absolute atomic E-state index is 0.227. The highest BCUT2D eigenvalue weighted by Crippen LogP contribution is 2.33. The molecular formula is C28H26ClN3O5. The maximum Gasteiger partial charge on any atom is 0.280 e. The van der Waals surface area contributed by atoms with Crippen LogP contribution in [0.25, 0.3) is 6.08 Å². The van der Waals surface area contributed by atoms with Gasteiger partial charge in [0.2, 0.25) is 0 Å². The summed E-state index contributed by atoms with van der Waals surface area (Å²) in [6.45, 7) is 3.78. The van der Waals surface area contributed by atoms with Crippen LogP contribution in [0.5, 0.6) is 17.2 Å². The number of benzene rings is 3. The van der Waals surface area contributed by atoms with Gasteiger partial charge in [-0.2, -0.15) is 10.1 Å². The van der Waals surface area contributed by atoms with Crippen LogP contribution in [0.15, 0.2) is 77.4 Å². The van der Waals surface area contributed by atoms with Crippen molar-refractivity contribution in [3.8, 4) is 17.2 Å². The van der Waals surface area contributed by atoms with Gasteiger partial charge in [0.25, 0.3) is 11.8 Å². The summed E-state index contributed by atoms with van der Waals surface area (Å²) in [7, 11) is 1.54. The van der Waals surface area contributed by atoms with E-state index < -0.39 is 0 Å². The number of hydrogen-bond donors (Lipinski definition) is 1. The zero-order valence-corrected chi connectivity index (χ0v) is 21.4. The van der Waals surface area contributed by atoms with Gasteiger partial charge in [0.15, 0.2) is 18.1 Å². The fourth-order valence-corrected chi connectivity index (χ4v) is 3.93. The van der Waals surface area contributed by atoms with Gasteiger partial charge in [-0.05, 0) is 61.9 Å². The van der Waals surface area contributed by atoms with Gasteiger partial charge < -0.3 is 19.5 Å². The summed E-state index contributed by atoms with van der Waals surface area (Å²) in [5.41, 5.74) is 2.79. The first kappa shape index (κ1) is 25.8. The summed E-state index contributed by atoms with van der Waals surface area (Å²) in [4.78, 5) is 25.6. The van der Waals surface area contributed by atoms with E-state index in [-0.39, 0.29) is 18.4 Å². The monoisotopic (exact) mass is 519 g/mol. The standard InChI is InChI=1S/C28H26ClN3O5/c1-4-36-26-16-19(15-20-18(2)31-32(28(20)34)23-11-7-5-9-21(23)29)13-14-25(26)37-17-27(33)30-22-10-6-8-12-24(22)35-3/h5-16H,4,17H2,1-3H3,(H,30,33).